The molecule has 0 unspecified atom stereocenters. The summed E-state index contributed by atoms with van der Waals surface area (Å²) in [7, 11) is 0. The third-order valence-electron chi connectivity index (χ3n) is 6.93. The van der Waals surface area contributed by atoms with Crippen LogP contribution in [0.5, 0.6) is 0 Å². The number of carbonyl (C=O) groups is 2. The monoisotopic (exact) mass is 393 g/mol. The van der Waals surface area contributed by atoms with Crippen molar-refractivity contribution in [2.24, 2.45) is 5.92 Å². The van der Waals surface area contributed by atoms with E-state index in [4.69, 9.17) is 4.52 Å². The Balaban J connectivity index is 1.29. The summed E-state index contributed by atoms with van der Waals surface area (Å²) in [4.78, 5) is 33.3. The summed E-state index contributed by atoms with van der Waals surface area (Å²) < 4.78 is 5.28. The van der Waals surface area contributed by atoms with Crippen LogP contribution in [0.15, 0.2) is 28.8 Å². The van der Waals surface area contributed by atoms with Crippen LogP contribution in [0.25, 0.3) is 0 Å². The second kappa shape index (κ2) is 6.13. The van der Waals surface area contributed by atoms with Gasteiger partial charge in [-0.25, -0.2) is 0 Å². The second-order valence-corrected chi connectivity index (χ2v) is 8.58. The Morgan fingerprint density at radius 2 is 2.17 bits per heavy atom. The molecular formula is C21H23N5O3. The average Bonchev–Trinajstić information content (AvgIpc) is 3.07. The number of nitrogens with zero attached hydrogens (tertiary/aromatic N) is 3. The number of amides is 2. The molecule has 2 aromatic rings. The summed E-state index contributed by atoms with van der Waals surface area (Å²) >= 11 is 0. The van der Waals surface area contributed by atoms with Crippen LogP contribution in [0, 0.1) is 5.92 Å². The van der Waals surface area contributed by atoms with E-state index < -0.39 is 11.5 Å². The van der Waals surface area contributed by atoms with E-state index in [0.717, 1.165) is 49.3 Å². The fraction of sp³-hybridized carbons (Fsp3) is 0.524. The third-order valence-corrected chi connectivity index (χ3v) is 6.93. The standard InChI is InChI=1S/C21H23N5O3/c27-19(22-11-17-24-18(25-29-17)12-7-8-12)15-10-13-4-3-9-26(13)21(15)14-5-1-2-6-16(14)23-20(21)28/h1-2,5-6,12-13,15H,3-4,7-11H2,(H,22,27)(H,23,28)/t13-,15+,21+/m1/s1. The Labute approximate surface area is 168 Å². The number of rotatable bonds is 4. The molecule has 1 aromatic carbocycles. The molecule has 2 amide bonds. The molecule has 8 heteroatoms. The summed E-state index contributed by atoms with van der Waals surface area (Å²) in [6.07, 6.45) is 4.96. The van der Waals surface area contributed by atoms with Crippen molar-refractivity contribution in [2.45, 2.75) is 56.1 Å². The molecule has 8 nitrogen and oxygen atoms in total. The van der Waals surface area contributed by atoms with Gasteiger partial charge in [0, 0.05) is 23.2 Å². The van der Waals surface area contributed by atoms with Crippen molar-refractivity contribution in [1.82, 2.24) is 20.4 Å². The molecule has 29 heavy (non-hydrogen) atoms. The highest BCUT2D eigenvalue weighted by Gasteiger charge is 2.65. The zero-order valence-electron chi connectivity index (χ0n) is 16.1. The highest BCUT2D eigenvalue weighted by Crippen LogP contribution is 2.55. The number of fused-ring (bicyclic) bond motifs is 4. The minimum Gasteiger partial charge on any atom is -0.347 e. The van der Waals surface area contributed by atoms with Crippen molar-refractivity contribution in [2.75, 3.05) is 11.9 Å². The third kappa shape index (κ3) is 2.41. The molecule has 3 aliphatic heterocycles. The number of aromatic nitrogens is 2. The molecule has 1 saturated carbocycles. The van der Waals surface area contributed by atoms with Crippen molar-refractivity contribution >= 4 is 17.5 Å². The van der Waals surface area contributed by atoms with Gasteiger partial charge in [0.25, 0.3) is 0 Å². The number of benzene rings is 1. The Morgan fingerprint density at radius 3 is 3.03 bits per heavy atom. The lowest BCUT2D eigenvalue weighted by Crippen LogP contribution is -2.54. The van der Waals surface area contributed by atoms with Gasteiger partial charge in [0.1, 0.15) is 5.54 Å². The number of anilines is 1. The van der Waals surface area contributed by atoms with Gasteiger partial charge in [0.15, 0.2) is 5.82 Å². The van der Waals surface area contributed by atoms with Crippen molar-refractivity contribution in [3.8, 4) is 0 Å². The van der Waals surface area contributed by atoms with E-state index in [1.165, 1.54) is 0 Å². The Kier molecular flexibility index (Phi) is 3.62. The molecule has 4 heterocycles. The molecule has 2 N–H and O–H groups in total. The van der Waals surface area contributed by atoms with Crippen molar-refractivity contribution in [1.29, 1.82) is 0 Å². The van der Waals surface area contributed by atoms with Crippen LogP contribution < -0.4 is 10.6 Å². The summed E-state index contributed by atoms with van der Waals surface area (Å²) in [6.45, 7) is 1.03. The number of hydrogen-bond donors (Lipinski definition) is 2. The van der Waals surface area contributed by atoms with Crippen LogP contribution in [-0.2, 0) is 21.7 Å². The molecule has 2 saturated heterocycles. The fourth-order valence-electron chi connectivity index (χ4n) is 5.51. The molecule has 4 aliphatic rings. The van der Waals surface area contributed by atoms with Gasteiger partial charge in [-0.1, -0.05) is 23.4 Å². The molecule has 0 radical (unpaired) electrons. The first-order valence-electron chi connectivity index (χ1n) is 10.5. The molecule has 3 atom stereocenters. The molecular weight excluding hydrogens is 370 g/mol. The minimum absolute atomic E-state index is 0.0861. The molecule has 1 aromatic heterocycles. The highest BCUT2D eigenvalue weighted by molar-refractivity contribution is 6.09. The summed E-state index contributed by atoms with van der Waals surface area (Å²) in [5.74, 6) is 0.907. The molecule has 3 fully saturated rings. The number of hydrogen-bond acceptors (Lipinski definition) is 6. The summed E-state index contributed by atoms with van der Waals surface area (Å²) in [5.41, 5.74) is 0.813. The van der Waals surface area contributed by atoms with E-state index in [9.17, 15) is 9.59 Å². The lowest BCUT2D eigenvalue weighted by atomic mass is 9.78. The van der Waals surface area contributed by atoms with Gasteiger partial charge in [-0.2, -0.15) is 4.98 Å². The first-order chi connectivity index (χ1) is 14.2. The van der Waals surface area contributed by atoms with Gasteiger partial charge in [-0.15, -0.1) is 0 Å². The normalized spacial score (nSPS) is 30.4. The van der Waals surface area contributed by atoms with Crippen LogP contribution in [-0.4, -0.2) is 39.4 Å². The fourth-order valence-corrected chi connectivity index (χ4v) is 5.51. The summed E-state index contributed by atoms with van der Waals surface area (Å²) in [5, 5.41) is 9.99. The second-order valence-electron chi connectivity index (χ2n) is 8.58. The maximum absolute atomic E-state index is 13.3. The quantitative estimate of drug-likeness (QED) is 0.823. The predicted molar refractivity (Wildman–Crippen MR) is 103 cm³/mol. The van der Waals surface area contributed by atoms with Crippen molar-refractivity contribution < 1.29 is 14.1 Å². The summed E-state index contributed by atoms with van der Waals surface area (Å²) in [6, 6.07) is 8.01. The van der Waals surface area contributed by atoms with Gasteiger partial charge < -0.3 is 15.2 Å². The van der Waals surface area contributed by atoms with Gasteiger partial charge >= 0.3 is 0 Å². The van der Waals surface area contributed by atoms with Gasteiger partial charge in [0.2, 0.25) is 17.7 Å². The largest absolute Gasteiger partial charge is 0.347 e. The van der Waals surface area contributed by atoms with Crippen LogP contribution in [0.3, 0.4) is 0 Å². The smallest absolute Gasteiger partial charge is 0.250 e. The lowest BCUT2D eigenvalue weighted by Gasteiger charge is -2.36. The van der Waals surface area contributed by atoms with Gasteiger partial charge in [-0.05, 0) is 44.7 Å². The maximum atomic E-state index is 13.3. The average molecular weight is 393 g/mol. The first kappa shape index (κ1) is 17.1. The molecule has 6 rings (SSSR count). The van der Waals surface area contributed by atoms with E-state index in [2.05, 4.69) is 25.7 Å². The molecule has 1 spiro atoms. The lowest BCUT2D eigenvalue weighted by molar-refractivity contribution is -0.137. The van der Waals surface area contributed by atoms with Crippen LogP contribution >= 0.6 is 0 Å². The SMILES string of the molecule is O=C(NCc1nc(C2CC2)no1)[C@@H]1C[C@H]2CCCN2[C@]12C(=O)Nc1ccccc12. The highest BCUT2D eigenvalue weighted by atomic mass is 16.5. The molecule has 0 bridgehead atoms. The van der Waals surface area contributed by atoms with E-state index in [1.807, 2.05) is 24.3 Å². The van der Waals surface area contributed by atoms with Crippen LogP contribution in [0.1, 0.15) is 55.3 Å². The number of para-hydroxylation sites is 1. The molecule has 1 aliphatic carbocycles. The minimum atomic E-state index is -0.921. The zero-order valence-corrected chi connectivity index (χ0v) is 16.1. The zero-order chi connectivity index (χ0) is 19.6. The Hall–Kier alpha value is -2.74. The maximum Gasteiger partial charge on any atom is 0.250 e. The Bertz CT molecular complexity index is 1000. The van der Waals surface area contributed by atoms with E-state index in [-0.39, 0.29) is 24.4 Å². The topological polar surface area (TPSA) is 100 Å². The molecule has 150 valence electrons. The van der Waals surface area contributed by atoms with E-state index >= 15 is 0 Å². The van der Waals surface area contributed by atoms with E-state index in [0.29, 0.717) is 18.2 Å². The van der Waals surface area contributed by atoms with Crippen molar-refractivity contribution in [3.05, 3.63) is 41.5 Å². The Morgan fingerprint density at radius 1 is 1.31 bits per heavy atom. The predicted octanol–water partition coefficient (Wildman–Crippen LogP) is 1.90. The van der Waals surface area contributed by atoms with Crippen LogP contribution in [0.2, 0.25) is 0 Å². The first-order valence-corrected chi connectivity index (χ1v) is 10.5. The van der Waals surface area contributed by atoms with Crippen LogP contribution in [0.4, 0.5) is 5.69 Å². The van der Waals surface area contributed by atoms with Crippen molar-refractivity contribution in [3.63, 3.8) is 0 Å². The van der Waals surface area contributed by atoms with Gasteiger partial charge in [-0.3, -0.25) is 14.5 Å². The van der Waals surface area contributed by atoms with Gasteiger partial charge in [0.05, 0.1) is 12.5 Å². The number of carbonyl (C=O) groups excluding carboxylic acids is 2. The van der Waals surface area contributed by atoms with E-state index in [1.54, 1.807) is 0 Å². The number of nitrogens with one attached hydrogen (secondary N) is 2.